The summed E-state index contributed by atoms with van der Waals surface area (Å²) in [7, 11) is 0. The summed E-state index contributed by atoms with van der Waals surface area (Å²) in [6, 6.07) is 3.71. The first-order valence-corrected chi connectivity index (χ1v) is 5.89. The largest absolute Gasteiger partial charge is 0.436 e. The molecule has 0 N–H and O–H groups in total. The first-order valence-electron chi connectivity index (χ1n) is 5.51. The second kappa shape index (κ2) is 4.85. The van der Waals surface area contributed by atoms with E-state index in [1.807, 2.05) is 0 Å². The van der Waals surface area contributed by atoms with Gasteiger partial charge in [0.25, 0.3) is 5.78 Å². The molecule has 0 radical (unpaired) electrons. The van der Waals surface area contributed by atoms with Crippen LogP contribution in [0.3, 0.4) is 0 Å². The molecule has 0 spiro atoms. The van der Waals surface area contributed by atoms with E-state index in [0.29, 0.717) is 6.07 Å². The number of alkyl halides is 3. The molecular formula is C11H5ClF3N5O. The minimum atomic E-state index is -4.63. The summed E-state index contributed by atoms with van der Waals surface area (Å²) in [5, 5.41) is 3.77. The van der Waals surface area contributed by atoms with Gasteiger partial charge in [-0.2, -0.15) is 27.8 Å². The lowest BCUT2D eigenvalue weighted by Gasteiger charge is -2.10. The number of hydrogen-bond donors (Lipinski definition) is 0. The van der Waals surface area contributed by atoms with E-state index in [4.69, 9.17) is 16.3 Å². The summed E-state index contributed by atoms with van der Waals surface area (Å²) < 4.78 is 44.8. The Morgan fingerprint density at radius 3 is 2.76 bits per heavy atom. The molecule has 0 unspecified atom stereocenters. The third kappa shape index (κ3) is 2.59. The van der Waals surface area contributed by atoms with Gasteiger partial charge in [-0.1, -0.05) is 11.6 Å². The number of hydrogen-bond acceptors (Lipinski definition) is 5. The van der Waals surface area contributed by atoms with E-state index >= 15 is 0 Å². The van der Waals surface area contributed by atoms with E-state index in [2.05, 4.69) is 20.1 Å². The highest BCUT2D eigenvalue weighted by Crippen LogP contribution is 2.32. The van der Waals surface area contributed by atoms with Gasteiger partial charge in [-0.3, -0.25) is 0 Å². The molecule has 0 aliphatic carbocycles. The molecule has 0 aliphatic rings. The van der Waals surface area contributed by atoms with Crippen molar-refractivity contribution in [1.82, 2.24) is 24.6 Å². The van der Waals surface area contributed by atoms with E-state index in [9.17, 15) is 13.2 Å². The van der Waals surface area contributed by atoms with Crippen LogP contribution in [0.15, 0.2) is 30.7 Å². The quantitative estimate of drug-likeness (QED) is 0.680. The Hall–Kier alpha value is -2.42. The van der Waals surface area contributed by atoms with Gasteiger partial charge in [0.15, 0.2) is 16.6 Å². The van der Waals surface area contributed by atoms with Crippen molar-refractivity contribution in [1.29, 1.82) is 0 Å². The predicted octanol–water partition coefficient (Wildman–Crippen LogP) is 2.98. The fraction of sp³-hybridized carbons (Fsp3) is 0.0909. The van der Waals surface area contributed by atoms with Crippen molar-refractivity contribution in [3.05, 3.63) is 41.6 Å². The van der Waals surface area contributed by atoms with Crippen LogP contribution in [0.25, 0.3) is 5.78 Å². The summed E-state index contributed by atoms with van der Waals surface area (Å²) in [6.07, 6.45) is -2.14. The van der Waals surface area contributed by atoms with Crippen molar-refractivity contribution in [2.45, 2.75) is 6.18 Å². The molecule has 0 aromatic carbocycles. The third-order valence-corrected chi connectivity index (χ3v) is 2.73. The predicted molar refractivity (Wildman–Crippen MR) is 65.1 cm³/mol. The molecule has 3 heterocycles. The molecule has 0 saturated carbocycles. The Labute approximate surface area is 120 Å². The Kier molecular flexibility index (Phi) is 3.13. The lowest BCUT2D eigenvalue weighted by molar-refractivity contribution is -0.141. The summed E-state index contributed by atoms with van der Waals surface area (Å²) >= 11 is 5.81. The van der Waals surface area contributed by atoms with Crippen LogP contribution in [0.1, 0.15) is 5.69 Å². The zero-order valence-corrected chi connectivity index (χ0v) is 10.8. The second-order valence-corrected chi connectivity index (χ2v) is 4.20. The standard InChI is InChI=1S/C11H5ClF3N5O/c12-9-6(2-1-3-16-9)21-8-4-7(11(13,14)15)19-10-17-5-18-20(8)10/h1-5H. The highest BCUT2D eigenvalue weighted by Gasteiger charge is 2.34. The number of ether oxygens (including phenoxy) is 1. The monoisotopic (exact) mass is 315 g/mol. The van der Waals surface area contributed by atoms with Gasteiger partial charge in [0.2, 0.25) is 5.88 Å². The third-order valence-electron chi connectivity index (χ3n) is 2.45. The molecule has 0 bridgehead atoms. The average molecular weight is 316 g/mol. The maximum Gasteiger partial charge on any atom is 0.433 e. The van der Waals surface area contributed by atoms with Crippen molar-refractivity contribution in [2.75, 3.05) is 0 Å². The van der Waals surface area contributed by atoms with Gasteiger partial charge in [-0.25, -0.2) is 9.97 Å². The highest BCUT2D eigenvalue weighted by molar-refractivity contribution is 6.30. The van der Waals surface area contributed by atoms with Crippen molar-refractivity contribution < 1.29 is 17.9 Å². The average Bonchev–Trinajstić information content (AvgIpc) is 2.89. The molecule has 3 rings (SSSR count). The molecule has 3 aromatic heterocycles. The molecule has 0 saturated heterocycles. The molecule has 21 heavy (non-hydrogen) atoms. The summed E-state index contributed by atoms with van der Waals surface area (Å²) in [6.45, 7) is 0. The maximum absolute atomic E-state index is 12.8. The molecule has 0 fully saturated rings. The van der Waals surface area contributed by atoms with Crippen molar-refractivity contribution in [2.24, 2.45) is 0 Å². The Morgan fingerprint density at radius 1 is 1.24 bits per heavy atom. The molecule has 10 heteroatoms. The number of nitrogens with zero attached hydrogens (tertiary/aromatic N) is 5. The summed E-state index contributed by atoms with van der Waals surface area (Å²) in [4.78, 5) is 10.8. The Morgan fingerprint density at radius 2 is 2.05 bits per heavy atom. The van der Waals surface area contributed by atoms with Crippen LogP contribution in [0.5, 0.6) is 11.6 Å². The van der Waals surface area contributed by atoms with Gasteiger partial charge >= 0.3 is 6.18 Å². The molecule has 6 nitrogen and oxygen atoms in total. The van der Waals surface area contributed by atoms with Crippen LogP contribution in [-0.4, -0.2) is 24.6 Å². The maximum atomic E-state index is 12.8. The van der Waals surface area contributed by atoms with Crippen molar-refractivity contribution in [3.8, 4) is 11.6 Å². The van der Waals surface area contributed by atoms with Gasteiger partial charge < -0.3 is 4.74 Å². The summed E-state index contributed by atoms with van der Waals surface area (Å²) in [5.74, 6) is -0.366. The Bertz CT molecular complexity index is 804. The number of fused-ring (bicyclic) bond motifs is 1. The molecule has 108 valence electrons. The normalized spacial score (nSPS) is 11.8. The van der Waals surface area contributed by atoms with Crippen molar-refractivity contribution >= 4 is 17.4 Å². The van der Waals surface area contributed by atoms with Crippen LogP contribution in [0.4, 0.5) is 13.2 Å². The smallest absolute Gasteiger partial charge is 0.433 e. The summed E-state index contributed by atoms with van der Waals surface area (Å²) in [5.41, 5.74) is -1.14. The molecule has 0 aliphatic heterocycles. The number of pyridine rings is 1. The zero-order chi connectivity index (χ0) is 15.0. The van der Waals surface area contributed by atoms with Gasteiger partial charge in [0.05, 0.1) is 0 Å². The SMILES string of the molecule is FC(F)(F)c1cc(Oc2cccnc2Cl)n2ncnc2n1. The minimum Gasteiger partial charge on any atom is -0.436 e. The van der Waals surface area contributed by atoms with E-state index < -0.39 is 11.9 Å². The van der Waals surface area contributed by atoms with Gasteiger partial charge in [-0.05, 0) is 12.1 Å². The first kappa shape index (κ1) is 13.6. The van der Waals surface area contributed by atoms with E-state index in [1.165, 1.54) is 18.3 Å². The fourth-order valence-electron chi connectivity index (χ4n) is 1.56. The lowest BCUT2D eigenvalue weighted by atomic mass is 10.4. The van der Waals surface area contributed by atoms with Gasteiger partial charge in [-0.15, -0.1) is 0 Å². The van der Waals surface area contributed by atoms with Crippen LogP contribution < -0.4 is 4.74 Å². The molecule has 3 aromatic rings. The first-order chi connectivity index (χ1) is 9.95. The van der Waals surface area contributed by atoms with Gasteiger partial charge in [0, 0.05) is 12.3 Å². The molecule has 0 atom stereocenters. The highest BCUT2D eigenvalue weighted by atomic mass is 35.5. The van der Waals surface area contributed by atoms with Crippen LogP contribution in [0, 0.1) is 0 Å². The number of aromatic nitrogens is 5. The van der Waals surface area contributed by atoms with Gasteiger partial charge in [0.1, 0.15) is 6.33 Å². The molecule has 0 amide bonds. The molecular weight excluding hydrogens is 311 g/mol. The van der Waals surface area contributed by atoms with E-state index in [1.54, 1.807) is 0 Å². The topological polar surface area (TPSA) is 65.2 Å². The fourth-order valence-corrected chi connectivity index (χ4v) is 1.72. The number of halogens is 4. The van der Waals surface area contributed by atoms with Crippen LogP contribution in [0.2, 0.25) is 5.15 Å². The van der Waals surface area contributed by atoms with E-state index in [0.717, 1.165) is 10.8 Å². The lowest BCUT2D eigenvalue weighted by Crippen LogP contribution is -2.11. The Balaban J connectivity index is 2.13. The van der Waals surface area contributed by atoms with Crippen molar-refractivity contribution in [3.63, 3.8) is 0 Å². The van der Waals surface area contributed by atoms with Crippen LogP contribution in [-0.2, 0) is 6.18 Å². The van der Waals surface area contributed by atoms with E-state index in [-0.39, 0.29) is 22.6 Å². The zero-order valence-electron chi connectivity index (χ0n) is 10.0. The second-order valence-electron chi connectivity index (χ2n) is 3.84. The minimum absolute atomic E-state index is 0.0103. The van der Waals surface area contributed by atoms with Crippen LogP contribution >= 0.6 is 11.6 Å². The number of rotatable bonds is 2.